The quantitative estimate of drug-likeness (QED) is 0.618. The molecular formula is C16H16ClN7O2. The molecule has 0 aliphatic carbocycles. The molecule has 0 bridgehead atoms. The molecule has 0 unspecified atom stereocenters. The molecule has 0 radical (unpaired) electrons. The second-order valence-electron chi connectivity index (χ2n) is 5.79. The highest BCUT2D eigenvalue weighted by Gasteiger charge is 2.16. The van der Waals surface area contributed by atoms with Crippen molar-refractivity contribution < 1.29 is 9.32 Å². The van der Waals surface area contributed by atoms with Crippen LogP contribution in [0.15, 0.2) is 28.9 Å². The highest BCUT2D eigenvalue weighted by atomic mass is 35.5. The van der Waals surface area contributed by atoms with E-state index in [9.17, 15) is 4.79 Å². The van der Waals surface area contributed by atoms with Crippen LogP contribution in [0.4, 0.5) is 17.5 Å². The van der Waals surface area contributed by atoms with Gasteiger partial charge in [0, 0.05) is 17.8 Å². The summed E-state index contributed by atoms with van der Waals surface area (Å²) in [6, 6.07) is 4.69. The molecule has 9 nitrogen and oxygen atoms in total. The van der Waals surface area contributed by atoms with E-state index in [1.807, 2.05) is 13.8 Å². The molecule has 1 aromatic carbocycles. The third-order valence-corrected chi connectivity index (χ3v) is 3.81. The van der Waals surface area contributed by atoms with Crippen LogP contribution in [-0.2, 0) is 0 Å². The lowest BCUT2D eigenvalue weighted by atomic mass is 10.2. The number of carbonyl (C=O) groups excluding carboxylic acids is 1. The summed E-state index contributed by atoms with van der Waals surface area (Å²) in [5.74, 6) is 0.784. The second kappa shape index (κ2) is 6.96. The van der Waals surface area contributed by atoms with E-state index in [-0.39, 0.29) is 34.2 Å². The molecule has 3 aromatic rings. The second-order valence-corrected chi connectivity index (χ2v) is 6.20. The lowest BCUT2D eigenvalue weighted by Gasteiger charge is -2.08. The van der Waals surface area contributed by atoms with Crippen molar-refractivity contribution >= 4 is 35.0 Å². The molecule has 5 N–H and O–H groups in total. The van der Waals surface area contributed by atoms with E-state index in [1.165, 1.54) is 12.3 Å². The number of halogens is 1. The molecule has 2 heterocycles. The largest absolute Gasteiger partial charge is 0.383 e. The first kappa shape index (κ1) is 17.6. The van der Waals surface area contributed by atoms with Crippen molar-refractivity contribution in [3.63, 3.8) is 0 Å². The van der Waals surface area contributed by atoms with Gasteiger partial charge in [-0.25, -0.2) is 4.98 Å². The predicted molar refractivity (Wildman–Crippen MR) is 97.1 cm³/mol. The predicted octanol–water partition coefficient (Wildman–Crippen LogP) is 2.73. The number of anilines is 3. The molecule has 1 amide bonds. The summed E-state index contributed by atoms with van der Waals surface area (Å²) in [7, 11) is 0. The molecule has 0 saturated carbocycles. The maximum Gasteiger partial charge on any atom is 0.263 e. The van der Waals surface area contributed by atoms with E-state index < -0.39 is 5.91 Å². The first-order chi connectivity index (χ1) is 12.3. The number of nitrogens with two attached hydrogens (primary N) is 2. The standard InChI is InChI=1S/C16H16ClN7O2/c1-7(2)14-23-15(26-24-14)10-6-20-16(22-12(10)18)21-8-3-4-9(13(19)25)11(17)5-8/h3-7H,1-2H3,(H2,19,25)(H3,18,20,21,22). The Bertz CT molecular complexity index is 971. The summed E-state index contributed by atoms with van der Waals surface area (Å²) in [6.45, 7) is 3.91. The number of nitrogens with one attached hydrogen (secondary N) is 1. The summed E-state index contributed by atoms with van der Waals surface area (Å²) >= 11 is 6.02. The number of hydrogen-bond acceptors (Lipinski definition) is 8. The van der Waals surface area contributed by atoms with E-state index in [1.54, 1.807) is 12.1 Å². The average Bonchev–Trinajstić information content (AvgIpc) is 3.04. The molecular weight excluding hydrogens is 358 g/mol. The molecule has 2 aromatic heterocycles. The van der Waals surface area contributed by atoms with E-state index in [4.69, 9.17) is 27.6 Å². The average molecular weight is 374 g/mol. The summed E-state index contributed by atoms with van der Waals surface area (Å²) in [4.78, 5) is 23.8. The summed E-state index contributed by atoms with van der Waals surface area (Å²) in [6.07, 6.45) is 1.49. The maximum atomic E-state index is 11.2. The summed E-state index contributed by atoms with van der Waals surface area (Å²) < 4.78 is 5.20. The van der Waals surface area contributed by atoms with Gasteiger partial charge in [0.05, 0.1) is 10.6 Å². The van der Waals surface area contributed by atoms with Gasteiger partial charge in [-0.1, -0.05) is 30.6 Å². The van der Waals surface area contributed by atoms with Crippen molar-refractivity contribution in [3.8, 4) is 11.5 Å². The summed E-state index contributed by atoms with van der Waals surface area (Å²) in [5, 5.41) is 7.06. The third-order valence-electron chi connectivity index (χ3n) is 3.50. The number of nitrogen functional groups attached to an aromatic ring is 1. The van der Waals surface area contributed by atoms with Crippen molar-refractivity contribution in [2.45, 2.75) is 19.8 Å². The number of aromatic nitrogens is 4. The van der Waals surface area contributed by atoms with Crippen LogP contribution in [0.1, 0.15) is 35.9 Å². The molecule has 3 rings (SSSR count). The van der Waals surface area contributed by atoms with Crippen LogP contribution < -0.4 is 16.8 Å². The van der Waals surface area contributed by atoms with E-state index in [0.29, 0.717) is 17.1 Å². The van der Waals surface area contributed by atoms with Gasteiger partial charge in [0.2, 0.25) is 11.9 Å². The van der Waals surface area contributed by atoms with Gasteiger partial charge in [-0.15, -0.1) is 0 Å². The van der Waals surface area contributed by atoms with E-state index in [2.05, 4.69) is 25.4 Å². The zero-order valence-corrected chi connectivity index (χ0v) is 14.8. The van der Waals surface area contributed by atoms with Gasteiger partial charge in [0.25, 0.3) is 5.89 Å². The lowest BCUT2D eigenvalue weighted by molar-refractivity contribution is 0.100. The van der Waals surface area contributed by atoms with Crippen LogP contribution >= 0.6 is 11.6 Å². The Balaban J connectivity index is 1.83. The molecule has 26 heavy (non-hydrogen) atoms. The lowest BCUT2D eigenvalue weighted by Crippen LogP contribution is -2.11. The smallest absolute Gasteiger partial charge is 0.263 e. The fourth-order valence-corrected chi connectivity index (χ4v) is 2.39. The van der Waals surface area contributed by atoms with E-state index >= 15 is 0 Å². The SMILES string of the molecule is CC(C)c1noc(-c2cnc(Nc3ccc(C(N)=O)c(Cl)c3)nc2N)n1. The normalized spacial score (nSPS) is 10.9. The molecule has 10 heteroatoms. The first-order valence-corrected chi connectivity index (χ1v) is 8.06. The van der Waals surface area contributed by atoms with Gasteiger partial charge in [-0.05, 0) is 18.2 Å². The van der Waals surface area contributed by atoms with Gasteiger partial charge in [0.15, 0.2) is 5.82 Å². The molecule has 0 aliphatic rings. The number of benzene rings is 1. The number of nitrogens with zero attached hydrogens (tertiary/aromatic N) is 4. The zero-order valence-electron chi connectivity index (χ0n) is 14.0. The van der Waals surface area contributed by atoms with Gasteiger partial charge in [-0.2, -0.15) is 9.97 Å². The Labute approximate surface area is 153 Å². The van der Waals surface area contributed by atoms with Crippen LogP contribution in [0.2, 0.25) is 5.02 Å². The third kappa shape index (κ3) is 3.57. The fourth-order valence-electron chi connectivity index (χ4n) is 2.12. The Morgan fingerprint density at radius 3 is 2.65 bits per heavy atom. The number of amides is 1. The van der Waals surface area contributed by atoms with Crippen molar-refractivity contribution in [3.05, 3.63) is 40.8 Å². The van der Waals surface area contributed by atoms with Gasteiger partial charge >= 0.3 is 0 Å². The highest BCUT2D eigenvalue weighted by Crippen LogP contribution is 2.26. The van der Waals surface area contributed by atoms with Crippen molar-refractivity contribution in [1.82, 2.24) is 20.1 Å². The Hall–Kier alpha value is -3.20. The zero-order chi connectivity index (χ0) is 18.8. The van der Waals surface area contributed by atoms with Gasteiger partial charge in [0.1, 0.15) is 11.4 Å². The van der Waals surface area contributed by atoms with E-state index in [0.717, 1.165) is 0 Å². The van der Waals surface area contributed by atoms with Crippen LogP contribution in [0.3, 0.4) is 0 Å². The van der Waals surface area contributed by atoms with Gasteiger partial charge < -0.3 is 21.3 Å². The molecule has 0 fully saturated rings. The minimum absolute atomic E-state index is 0.128. The van der Waals surface area contributed by atoms with Crippen molar-refractivity contribution in [2.24, 2.45) is 5.73 Å². The van der Waals surface area contributed by atoms with Gasteiger partial charge in [-0.3, -0.25) is 4.79 Å². The molecule has 0 aliphatic heterocycles. The monoisotopic (exact) mass is 373 g/mol. The van der Waals surface area contributed by atoms with Crippen molar-refractivity contribution in [1.29, 1.82) is 0 Å². The molecule has 0 spiro atoms. The highest BCUT2D eigenvalue weighted by molar-refractivity contribution is 6.34. The van der Waals surface area contributed by atoms with Crippen LogP contribution in [0.25, 0.3) is 11.5 Å². The number of carbonyl (C=O) groups is 1. The number of hydrogen-bond donors (Lipinski definition) is 3. The Kier molecular flexibility index (Phi) is 4.72. The minimum Gasteiger partial charge on any atom is -0.383 e. The topological polar surface area (TPSA) is 146 Å². The number of rotatable bonds is 5. The Morgan fingerprint density at radius 1 is 1.31 bits per heavy atom. The molecule has 0 atom stereocenters. The first-order valence-electron chi connectivity index (χ1n) is 7.68. The Morgan fingerprint density at radius 2 is 2.08 bits per heavy atom. The minimum atomic E-state index is -0.605. The van der Waals surface area contributed by atoms with Crippen LogP contribution in [0.5, 0.6) is 0 Å². The summed E-state index contributed by atoms with van der Waals surface area (Å²) in [5.41, 5.74) is 12.4. The van der Waals surface area contributed by atoms with Crippen LogP contribution in [0, 0.1) is 0 Å². The molecule has 0 saturated heterocycles. The molecule has 134 valence electrons. The fraction of sp³-hybridized carbons (Fsp3) is 0.188. The van der Waals surface area contributed by atoms with Crippen molar-refractivity contribution in [2.75, 3.05) is 11.1 Å². The maximum absolute atomic E-state index is 11.2. The van der Waals surface area contributed by atoms with Crippen LogP contribution in [-0.4, -0.2) is 26.0 Å². The number of primary amides is 1.